The van der Waals surface area contributed by atoms with Gasteiger partial charge in [0.2, 0.25) is 0 Å². The van der Waals surface area contributed by atoms with Crippen LogP contribution in [0.4, 0.5) is 8.78 Å². The van der Waals surface area contributed by atoms with Crippen molar-refractivity contribution < 1.29 is 13.6 Å². The second-order valence-electron chi connectivity index (χ2n) is 3.68. The molecular weight excluding hydrogens is 242 g/mol. The fourth-order valence-corrected chi connectivity index (χ4v) is 2.25. The molecule has 0 saturated carbocycles. The summed E-state index contributed by atoms with van der Waals surface area (Å²) in [6, 6.07) is 4.96. The van der Waals surface area contributed by atoms with Crippen molar-refractivity contribution >= 4 is 17.1 Å². The van der Waals surface area contributed by atoms with Crippen LogP contribution in [-0.2, 0) is 6.42 Å². The van der Waals surface area contributed by atoms with Crippen molar-refractivity contribution in [3.63, 3.8) is 0 Å². The van der Waals surface area contributed by atoms with Gasteiger partial charge in [0, 0.05) is 12.5 Å². The van der Waals surface area contributed by atoms with E-state index in [0.29, 0.717) is 6.42 Å². The van der Waals surface area contributed by atoms with Gasteiger partial charge in [0.1, 0.15) is 11.6 Å². The minimum absolute atomic E-state index is 0.0402. The number of hydrogen-bond donors (Lipinski definition) is 0. The summed E-state index contributed by atoms with van der Waals surface area (Å²) in [6.45, 7) is 0. The standard InChI is InChI=1S/C13H10F2OS/c14-10-2-3-11(12(15)7-10)13(16)4-1-9-5-6-17-8-9/h2-3,5-8H,1,4H2. The van der Waals surface area contributed by atoms with E-state index in [-0.39, 0.29) is 17.8 Å². The zero-order chi connectivity index (χ0) is 12.3. The predicted octanol–water partition coefficient (Wildman–Crippen LogP) is 3.84. The molecule has 1 heterocycles. The molecule has 1 aromatic heterocycles. The van der Waals surface area contributed by atoms with Crippen molar-refractivity contribution in [3.05, 3.63) is 57.8 Å². The summed E-state index contributed by atoms with van der Waals surface area (Å²) < 4.78 is 26.0. The lowest BCUT2D eigenvalue weighted by molar-refractivity contribution is 0.0979. The van der Waals surface area contributed by atoms with Gasteiger partial charge in [-0.3, -0.25) is 4.79 Å². The highest BCUT2D eigenvalue weighted by atomic mass is 32.1. The van der Waals surface area contributed by atoms with Crippen LogP contribution in [0.1, 0.15) is 22.3 Å². The van der Waals surface area contributed by atoms with Gasteiger partial charge in [-0.2, -0.15) is 11.3 Å². The number of benzene rings is 1. The lowest BCUT2D eigenvalue weighted by atomic mass is 10.0. The van der Waals surface area contributed by atoms with Crippen LogP contribution in [0.15, 0.2) is 35.0 Å². The molecular formula is C13H10F2OS. The molecule has 1 nitrogen and oxygen atoms in total. The first-order valence-corrected chi connectivity index (χ1v) is 6.10. The van der Waals surface area contributed by atoms with E-state index in [4.69, 9.17) is 0 Å². The van der Waals surface area contributed by atoms with Crippen LogP contribution in [-0.4, -0.2) is 5.78 Å². The molecule has 0 saturated heterocycles. The number of rotatable bonds is 4. The second-order valence-corrected chi connectivity index (χ2v) is 4.46. The van der Waals surface area contributed by atoms with E-state index < -0.39 is 11.6 Å². The second kappa shape index (κ2) is 5.19. The summed E-state index contributed by atoms with van der Waals surface area (Å²) in [5, 5.41) is 3.88. The van der Waals surface area contributed by atoms with Crippen molar-refractivity contribution in [3.8, 4) is 0 Å². The molecule has 1 aromatic carbocycles. The number of hydrogen-bond acceptors (Lipinski definition) is 2. The van der Waals surface area contributed by atoms with E-state index in [1.165, 1.54) is 6.07 Å². The summed E-state index contributed by atoms with van der Waals surface area (Å²) in [7, 11) is 0. The smallest absolute Gasteiger partial charge is 0.166 e. The van der Waals surface area contributed by atoms with Gasteiger partial charge in [-0.05, 0) is 40.9 Å². The van der Waals surface area contributed by atoms with Crippen molar-refractivity contribution in [1.82, 2.24) is 0 Å². The zero-order valence-electron chi connectivity index (χ0n) is 8.95. The minimum Gasteiger partial charge on any atom is -0.294 e. The predicted molar refractivity (Wildman–Crippen MR) is 63.3 cm³/mol. The summed E-state index contributed by atoms with van der Waals surface area (Å²) in [5.74, 6) is -1.76. The van der Waals surface area contributed by atoms with Crippen molar-refractivity contribution in [1.29, 1.82) is 0 Å². The molecule has 0 bridgehead atoms. The summed E-state index contributed by atoms with van der Waals surface area (Å²) in [5.41, 5.74) is 1.02. The number of carbonyl (C=O) groups is 1. The number of halogens is 2. The third kappa shape index (κ3) is 2.97. The summed E-state index contributed by atoms with van der Waals surface area (Å²) in [4.78, 5) is 11.7. The van der Waals surface area contributed by atoms with Gasteiger partial charge in [0.05, 0.1) is 5.56 Å². The first-order valence-electron chi connectivity index (χ1n) is 5.16. The van der Waals surface area contributed by atoms with Gasteiger partial charge < -0.3 is 0 Å². The van der Waals surface area contributed by atoms with Crippen LogP contribution < -0.4 is 0 Å². The maximum atomic E-state index is 13.3. The van der Waals surface area contributed by atoms with E-state index in [1.54, 1.807) is 11.3 Å². The molecule has 88 valence electrons. The van der Waals surface area contributed by atoms with Crippen molar-refractivity contribution in [2.75, 3.05) is 0 Å². The lowest BCUT2D eigenvalue weighted by Gasteiger charge is -2.02. The normalized spacial score (nSPS) is 10.5. The molecule has 0 unspecified atom stereocenters. The SMILES string of the molecule is O=C(CCc1ccsc1)c1ccc(F)cc1F. The topological polar surface area (TPSA) is 17.1 Å². The Morgan fingerprint density at radius 3 is 2.71 bits per heavy atom. The third-order valence-corrected chi connectivity index (χ3v) is 3.18. The third-order valence-electron chi connectivity index (χ3n) is 2.45. The molecule has 0 spiro atoms. The Labute approximate surface area is 102 Å². The highest BCUT2D eigenvalue weighted by Gasteiger charge is 2.12. The van der Waals surface area contributed by atoms with Crippen LogP contribution in [0.2, 0.25) is 0 Å². The lowest BCUT2D eigenvalue weighted by Crippen LogP contribution is -2.04. The van der Waals surface area contributed by atoms with Crippen LogP contribution in [0.25, 0.3) is 0 Å². The molecule has 0 atom stereocenters. The summed E-state index contributed by atoms with van der Waals surface area (Å²) in [6.07, 6.45) is 0.818. The van der Waals surface area contributed by atoms with Gasteiger partial charge in [0.15, 0.2) is 5.78 Å². The fraction of sp³-hybridized carbons (Fsp3) is 0.154. The molecule has 0 aliphatic carbocycles. The Morgan fingerprint density at radius 1 is 1.24 bits per heavy atom. The summed E-state index contributed by atoms with van der Waals surface area (Å²) >= 11 is 1.56. The minimum atomic E-state index is -0.791. The van der Waals surface area contributed by atoms with E-state index in [9.17, 15) is 13.6 Å². The highest BCUT2D eigenvalue weighted by Crippen LogP contribution is 2.14. The molecule has 2 aromatic rings. The average molecular weight is 252 g/mol. The largest absolute Gasteiger partial charge is 0.294 e. The number of aryl methyl sites for hydroxylation is 1. The van der Waals surface area contributed by atoms with Gasteiger partial charge in [-0.1, -0.05) is 0 Å². The maximum Gasteiger partial charge on any atom is 0.166 e. The van der Waals surface area contributed by atoms with Crippen molar-refractivity contribution in [2.45, 2.75) is 12.8 Å². The number of ketones is 1. The molecule has 0 N–H and O–H groups in total. The Hall–Kier alpha value is -1.55. The van der Waals surface area contributed by atoms with Gasteiger partial charge in [-0.25, -0.2) is 8.78 Å². The first-order chi connectivity index (χ1) is 8.16. The van der Waals surface area contributed by atoms with E-state index >= 15 is 0 Å². The molecule has 4 heteroatoms. The monoisotopic (exact) mass is 252 g/mol. The number of thiophene rings is 1. The fourth-order valence-electron chi connectivity index (χ4n) is 1.54. The van der Waals surface area contributed by atoms with Gasteiger partial charge in [-0.15, -0.1) is 0 Å². The van der Waals surface area contributed by atoms with Crippen LogP contribution in [0.5, 0.6) is 0 Å². The van der Waals surface area contributed by atoms with Gasteiger partial charge in [0.25, 0.3) is 0 Å². The number of Topliss-reactive ketones (excluding diaryl/α,β-unsaturated/α-hetero) is 1. The maximum absolute atomic E-state index is 13.3. The number of carbonyl (C=O) groups excluding carboxylic acids is 1. The average Bonchev–Trinajstić information content (AvgIpc) is 2.78. The van der Waals surface area contributed by atoms with Crippen LogP contribution in [0.3, 0.4) is 0 Å². The Kier molecular flexibility index (Phi) is 3.64. The van der Waals surface area contributed by atoms with Gasteiger partial charge >= 0.3 is 0 Å². The molecule has 0 radical (unpaired) electrons. The highest BCUT2D eigenvalue weighted by molar-refractivity contribution is 7.07. The molecule has 17 heavy (non-hydrogen) atoms. The van der Waals surface area contributed by atoms with E-state index in [2.05, 4.69) is 0 Å². The molecule has 0 amide bonds. The Balaban J connectivity index is 2.04. The van der Waals surface area contributed by atoms with E-state index in [0.717, 1.165) is 17.7 Å². The molecule has 0 aliphatic heterocycles. The Morgan fingerprint density at radius 2 is 2.06 bits per heavy atom. The first kappa shape index (κ1) is 11.9. The molecule has 2 rings (SSSR count). The van der Waals surface area contributed by atoms with Crippen molar-refractivity contribution in [2.24, 2.45) is 0 Å². The van der Waals surface area contributed by atoms with E-state index in [1.807, 2.05) is 16.8 Å². The quantitative estimate of drug-likeness (QED) is 0.755. The molecule has 0 aliphatic rings. The Bertz CT molecular complexity index is 520. The van der Waals surface area contributed by atoms with Crippen LogP contribution in [0, 0.1) is 11.6 Å². The zero-order valence-corrected chi connectivity index (χ0v) is 9.77. The van der Waals surface area contributed by atoms with Crippen LogP contribution >= 0.6 is 11.3 Å². The molecule has 0 fully saturated rings.